The van der Waals surface area contributed by atoms with Crippen LogP contribution in [0.25, 0.3) is 0 Å². The Morgan fingerprint density at radius 1 is 1.21 bits per heavy atom. The van der Waals surface area contributed by atoms with E-state index in [0.29, 0.717) is 25.1 Å². The molecule has 0 bridgehead atoms. The predicted octanol–water partition coefficient (Wildman–Crippen LogP) is 3.19. The highest BCUT2D eigenvalue weighted by molar-refractivity contribution is 9.10. The standard InChI is InChI=1S/C18H18BrN3O2/c1-12-5-6-15(14(19)10-12)22-17(24)18(7-8-18)16(23)21-11-13-4-2-3-9-20-13/h2-6,9-10H,7-8,11H2,1H3,(H,21,23)(H,22,24). The average Bonchev–Trinajstić information content (AvgIpc) is 3.38. The fourth-order valence-corrected chi connectivity index (χ4v) is 3.08. The van der Waals surface area contributed by atoms with Gasteiger partial charge in [0.25, 0.3) is 0 Å². The highest BCUT2D eigenvalue weighted by Gasteiger charge is 2.56. The molecule has 1 aromatic carbocycles. The number of nitrogens with one attached hydrogen (secondary N) is 2. The lowest BCUT2D eigenvalue weighted by Gasteiger charge is -2.16. The number of carbonyl (C=O) groups excluding carboxylic acids is 2. The maximum absolute atomic E-state index is 12.6. The lowest BCUT2D eigenvalue weighted by molar-refractivity contribution is -0.134. The third-order valence-corrected chi connectivity index (χ3v) is 4.80. The first kappa shape index (κ1) is 16.6. The van der Waals surface area contributed by atoms with Gasteiger partial charge in [0, 0.05) is 10.7 Å². The number of hydrogen-bond acceptors (Lipinski definition) is 3. The number of benzene rings is 1. The highest BCUT2D eigenvalue weighted by Crippen LogP contribution is 2.47. The first-order valence-electron chi connectivity index (χ1n) is 7.77. The number of aromatic nitrogens is 1. The number of carbonyl (C=O) groups is 2. The molecule has 1 fully saturated rings. The zero-order valence-corrected chi connectivity index (χ0v) is 14.9. The van der Waals surface area contributed by atoms with Crippen LogP contribution in [-0.4, -0.2) is 16.8 Å². The summed E-state index contributed by atoms with van der Waals surface area (Å²) in [5.74, 6) is -0.500. The summed E-state index contributed by atoms with van der Waals surface area (Å²) in [5.41, 5.74) is 1.57. The summed E-state index contributed by atoms with van der Waals surface area (Å²) in [6.45, 7) is 2.30. The van der Waals surface area contributed by atoms with Crippen LogP contribution in [0.3, 0.4) is 0 Å². The first-order chi connectivity index (χ1) is 11.5. The van der Waals surface area contributed by atoms with Crippen molar-refractivity contribution >= 4 is 33.4 Å². The second kappa shape index (κ2) is 6.73. The summed E-state index contributed by atoms with van der Waals surface area (Å²) in [5, 5.41) is 5.68. The maximum atomic E-state index is 12.6. The van der Waals surface area contributed by atoms with Crippen molar-refractivity contribution in [2.24, 2.45) is 5.41 Å². The molecule has 0 spiro atoms. The van der Waals surface area contributed by atoms with Crippen molar-refractivity contribution in [1.82, 2.24) is 10.3 Å². The zero-order valence-electron chi connectivity index (χ0n) is 13.3. The van der Waals surface area contributed by atoms with Gasteiger partial charge in [0.2, 0.25) is 11.8 Å². The quantitative estimate of drug-likeness (QED) is 0.773. The Morgan fingerprint density at radius 2 is 2.00 bits per heavy atom. The maximum Gasteiger partial charge on any atom is 0.240 e. The molecule has 2 N–H and O–H groups in total. The van der Waals surface area contributed by atoms with E-state index < -0.39 is 5.41 Å². The molecule has 1 heterocycles. The van der Waals surface area contributed by atoms with Gasteiger partial charge in [0.1, 0.15) is 5.41 Å². The highest BCUT2D eigenvalue weighted by atomic mass is 79.9. The van der Waals surface area contributed by atoms with Crippen LogP contribution < -0.4 is 10.6 Å². The van der Waals surface area contributed by atoms with Crippen molar-refractivity contribution < 1.29 is 9.59 Å². The van der Waals surface area contributed by atoms with Crippen molar-refractivity contribution in [2.45, 2.75) is 26.3 Å². The third-order valence-electron chi connectivity index (χ3n) is 4.15. The van der Waals surface area contributed by atoms with Crippen LogP contribution in [0, 0.1) is 12.3 Å². The number of nitrogens with zero attached hydrogens (tertiary/aromatic N) is 1. The molecule has 3 rings (SSSR count). The number of anilines is 1. The van der Waals surface area contributed by atoms with Gasteiger partial charge in [0.05, 0.1) is 17.9 Å². The van der Waals surface area contributed by atoms with Gasteiger partial charge in [0.15, 0.2) is 0 Å². The van der Waals surface area contributed by atoms with Crippen LogP contribution in [-0.2, 0) is 16.1 Å². The Kier molecular flexibility index (Phi) is 4.66. The van der Waals surface area contributed by atoms with E-state index in [9.17, 15) is 9.59 Å². The third kappa shape index (κ3) is 3.48. The second-order valence-electron chi connectivity index (χ2n) is 6.02. The molecule has 1 aromatic heterocycles. The van der Waals surface area contributed by atoms with Crippen LogP contribution in [0.1, 0.15) is 24.1 Å². The van der Waals surface area contributed by atoms with Crippen molar-refractivity contribution in [3.05, 3.63) is 58.3 Å². The van der Waals surface area contributed by atoms with Crippen LogP contribution in [0.15, 0.2) is 47.1 Å². The van der Waals surface area contributed by atoms with E-state index in [1.165, 1.54) is 0 Å². The molecule has 0 atom stereocenters. The summed E-state index contributed by atoms with van der Waals surface area (Å²) in [6.07, 6.45) is 2.81. The molecule has 24 heavy (non-hydrogen) atoms. The molecule has 2 amide bonds. The molecule has 6 heteroatoms. The first-order valence-corrected chi connectivity index (χ1v) is 8.56. The fourth-order valence-electron chi connectivity index (χ4n) is 2.49. The van der Waals surface area contributed by atoms with Gasteiger partial charge < -0.3 is 10.6 Å². The minimum atomic E-state index is -0.959. The molecule has 0 saturated heterocycles. The van der Waals surface area contributed by atoms with Gasteiger partial charge in [-0.25, -0.2) is 0 Å². The second-order valence-corrected chi connectivity index (χ2v) is 6.88. The largest absolute Gasteiger partial charge is 0.350 e. The van der Waals surface area contributed by atoms with E-state index in [2.05, 4.69) is 31.5 Å². The minimum Gasteiger partial charge on any atom is -0.350 e. The Morgan fingerprint density at radius 3 is 2.62 bits per heavy atom. The summed E-state index contributed by atoms with van der Waals surface area (Å²) in [4.78, 5) is 29.2. The van der Waals surface area contributed by atoms with Crippen LogP contribution in [0.4, 0.5) is 5.69 Å². The summed E-state index contributed by atoms with van der Waals surface area (Å²) >= 11 is 3.44. The number of halogens is 1. The SMILES string of the molecule is Cc1ccc(NC(=O)C2(C(=O)NCc3ccccn3)CC2)c(Br)c1. The Balaban J connectivity index is 1.64. The van der Waals surface area contributed by atoms with Gasteiger partial charge >= 0.3 is 0 Å². The normalized spacial score (nSPS) is 14.8. The summed E-state index contributed by atoms with van der Waals surface area (Å²) in [7, 11) is 0. The molecule has 0 aliphatic heterocycles. The molecule has 124 valence electrons. The molecule has 0 radical (unpaired) electrons. The number of amides is 2. The lowest BCUT2D eigenvalue weighted by atomic mass is 10.0. The molecular formula is C18H18BrN3O2. The van der Waals surface area contributed by atoms with Crippen molar-refractivity contribution in [3.63, 3.8) is 0 Å². The Labute approximate surface area is 149 Å². The Hall–Kier alpha value is -2.21. The number of aryl methyl sites for hydroxylation is 1. The minimum absolute atomic E-state index is 0.242. The van der Waals surface area contributed by atoms with Crippen molar-refractivity contribution in [3.8, 4) is 0 Å². The summed E-state index contributed by atoms with van der Waals surface area (Å²) < 4.78 is 0.806. The van der Waals surface area contributed by atoms with Crippen LogP contribution in [0.5, 0.6) is 0 Å². The smallest absolute Gasteiger partial charge is 0.240 e. The topological polar surface area (TPSA) is 71.1 Å². The molecule has 1 aliphatic rings. The molecule has 1 saturated carbocycles. The van der Waals surface area contributed by atoms with Crippen LogP contribution >= 0.6 is 15.9 Å². The number of rotatable bonds is 5. The number of pyridine rings is 1. The predicted molar refractivity (Wildman–Crippen MR) is 95.3 cm³/mol. The van der Waals surface area contributed by atoms with E-state index in [4.69, 9.17) is 0 Å². The van der Waals surface area contributed by atoms with E-state index >= 15 is 0 Å². The summed E-state index contributed by atoms with van der Waals surface area (Å²) in [6, 6.07) is 11.2. The van der Waals surface area contributed by atoms with E-state index in [1.807, 2.05) is 43.3 Å². The molecule has 0 unspecified atom stereocenters. The fraction of sp³-hybridized carbons (Fsp3) is 0.278. The molecule has 2 aromatic rings. The Bertz CT molecular complexity index is 773. The van der Waals surface area contributed by atoms with E-state index in [-0.39, 0.29) is 11.8 Å². The van der Waals surface area contributed by atoms with E-state index in [1.54, 1.807) is 6.20 Å². The number of hydrogen-bond donors (Lipinski definition) is 2. The van der Waals surface area contributed by atoms with Gasteiger partial charge in [-0.1, -0.05) is 12.1 Å². The van der Waals surface area contributed by atoms with Gasteiger partial charge in [-0.2, -0.15) is 0 Å². The molecular weight excluding hydrogens is 370 g/mol. The van der Waals surface area contributed by atoms with Gasteiger partial charge in [-0.05, 0) is 65.5 Å². The molecule has 1 aliphatic carbocycles. The monoisotopic (exact) mass is 387 g/mol. The average molecular weight is 388 g/mol. The van der Waals surface area contributed by atoms with Gasteiger partial charge in [-0.15, -0.1) is 0 Å². The van der Waals surface area contributed by atoms with E-state index in [0.717, 1.165) is 15.7 Å². The van der Waals surface area contributed by atoms with Crippen molar-refractivity contribution in [2.75, 3.05) is 5.32 Å². The van der Waals surface area contributed by atoms with Crippen LogP contribution in [0.2, 0.25) is 0 Å². The molecule has 5 nitrogen and oxygen atoms in total. The lowest BCUT2D eigenvalue weighted by Crippen LogP contribution is -2.39. The van der Waals surface area contributed by atoms with Crippen molar-refractivity contribution in [1.29, 1.82) is 0 Å². The van der Waals surface area contributed by atoms with Gasteiger partial charge in [-0.3, -0.25) is 14.6 Å². The zero-order chi connectivity index (χ0) is 17.2.